The van der Waals surface area contributed by atoms with E-state index in [0.29, 0.717) is 24.3 Å². The standard InChI is InChI=1S/C21H18BrNO4/c1-23(18-9-15-8-16(22)6-7-17(15)27-18)20(26)21(12-19(24)25)10-13-4-2-3-5-14(13)11-21/h2-9H,10-12H2,1H3,(H,24,25). The van der Waals surface area contributed by atoms with Crippen LogP contribution in [-0.4, -0.2) is 24.0 Å². The van der Waals surface area contributed by atoms with E-state index in [1.54, 1.807) is 13.1 Å². The highest BCUT2D eigenvalue weighted by Gasteiger charge is 2.47. The summed E-state index contributed by atoms with van der Waals surface area (Å²) in [6.07, 6.45) is 0.630. The highest BCUT2D eigenvalue weighted by atomic mass is 79.9. The van der Waals surface area contributed by atoms with E-state index in [4.69, 9.17) is 4.42 Å². The van der Waals surface area contributed by atoms with E-state index in [1.165, 1.54) is 4.90 Å². The summed E-state index contributed by atoms with van der Waals surface area (Å²) in [5.74, 6) is -0.800. The number of anilines is 1. The van der Waals surface area contributed by atoms with Gasteiger partial charge < -0.3 is 9.52 Å². The molecule has 0 saturated heterocycles. The van der Waals surface area contributed by atoms with Crippen LogP contribution in [0.15, 0.2) is 57.4 Å². The number of hydrogen-bond donors (Lipinski definition) is 1. The van der Waals surface area contributed by atoms with Gasteiger partial charge in [0.25, 0.3) is 0 Å². The van der Waals surface area contributed by atoms with E-state index in [0.717, 1.165) is 21.0 Å². The number of carboxylic acid groups (broad SMARTS) is 1. The molecule has 1 amide bonds. The van der Waals surface area contributed by atoms with Gasteiger partial charge in [0.2, 0.25) is 11.8 Å². The number of furan rings is 1. The Morgan fingerprint density at radius 2 is 1.81 bits per heavy atom. The molecule has 1 aromatic heterocycles. The van der Waals surface area contributed by atoms with Gasteiger partial charge in [-0.05, 0) is 42.2 Å². The van der Waals surface area contributed by atoms with Crippen LogP contribution in [0.1, 0.15) is 17.5 Å². The van der Waals surface area contributed by atoms with Gasteiger partial charge in [0, 0.05) is 23.0 Å². The molecule has 0 radical (unpaired) electrons. The lowest BCUT2D eigenvalue weighted by Crippen LogP contribution is -2.44. The first-order valence-corrected chi connectivity index (χ1v) is 9.43. The zero-order valence-corrected chi connectivity index (χ0v) is 16.3. The number of nitrogens with zero attached hydrogens (tertiary/aromatic N) is 1. The smallest absolute Gasteiger partial charge is 0.304 e. The van der Waals surface area contributed by atoms with Crippen molar-refractivity contribution in [2.75, 3.05) is 11.9 Å². The summed E-state index contributed by atoms with van der Waals surface area (Å²) in [6.45, 7) is 0. The van der Waals surface area contributed by atoms with Crippen LogP contribution in [0.2, 0.25) is 0 Å². The monoisotopic (exact) mass is 427 g/mol. The Kier molecular flexibility index (Phi) is 4.30. The maximum atomic E-state index is 13.4. The van der Waals surface area contributed by atoms with Gasteiger partial charge in [0.1, 0.15) is 5.58 Å². The molecular formula is C21H18BrNO4. The number of halogens is 1. The molecule has 27 heavy (non-hydrogen) atoms. The Hall–Kier alpha value is -2.60. The van der Waals surface area contributed by atoms with Gasteiger partial charge in [-0.2, -0.15) is 0 Å². The Morgan fingerprint density at radius 3 is 2.44 bits per heavy atom. The number of carbonyl (C=O) groups is 2. The van der Waals surface area contributed by atoms with Gasteiger partial charge in [-0.1, -0.05) is 40.2 Å². The Morgan fingerprint density at radius 1 is 1.15 bits per heavy atom. The minimum atomic E-state index is -0.996. The third-order valence-electron chi connectivity index (χ3n) is 5.22. The molecule has 0 unspecified atom stereocenters. The molecule has 1 aliphatic rings. The lowest BCUT2D eigenvalue weighted by molar-refractivity contribution is -0.144. The van der Waals surface area contributed by atoms with Gasteiger partial charge >= 0.3 is 5.97 Å². The van der Waals surface area contributed by atoms with Crippen molar-refractivity contribution in [2.45, 2.75) is 19.3 Å². The molecule has 5 nitrogen and oxygen atoms in total. The molecule has 0 aliphatic heterocycles. The second-order valence-corrected chi connectivity index (χ2v) is 8.02. The van der Waals surface area contributed by atoms with E-state index in [2.05, 4.69) is 15.9 Å². The zero-order valence-electron chi connectivity index (χ0n) is 14.7. The predicted molar refractivity (Wildman–Crippen MR) is 106 cm³/mol. The van der Waals surface area contributed by atoms with Gasteiger partial charge in [-0.25, -0.2) is 0 Å². The maximum absolute atomic E-state index is 13.4. The summed E-state index contributed by atoms with van der Waals surface area (Å²) in [5.41, 5.74) is 1.75. The zero-order chi connectivity index (χ0) is 19.2. The summed E-state index contributed by atoms with van der Waals surface area (Å²) >= 11 is 3.43. The first kappa shape index (κ1) is 17.8. The largest absolute Gasteiger partial charge is 0.481 e. The van der Waals surface area contributed by atoms with Crippen LogP contribution in [0.25, 0.3) is 11.0 Å². The van der Waals surface area contributed by atoms with Crippen molar-refractivity contribution in [3.8, 4) is 0 Å². The number of carboxylic acids is 1. The molecule has 0 atom stereocenters. The quantitative estimate of drug-likeness (QED) is 0.668. The highest BCUT2D eigenvalue weighted by Crippen LogP contribution is 2.42. The number of amides is 1. The summed E-state index contributed by atoms with van der Waals surface area (Å²) in [6, 6.07) is 15.2. The second kappa shape index (κ2) is 6.53. The number of hydrogen-bond acceptors (Lipinski definition) is 3. The number of aliphatic carboxylic acids is 1. The third kappa shape index (κ3) is 3.14. The topological polar surface area (TPSA) is 70.8 Å². The minimum absolute atomic E-state index is 0.212. The molecule has 1 N–H and O–H groups in total. The molecule has 3 aromatic rings. The highest BCUT2D eigenvalue weighted by molar-refractivity contribution is 9.10. The maximum Gasteiger partial charge on any atom is 0.304 e. The fourth-order valence-electron chi connectivity index (χ4n) is 3.96. The van der Waals surface area contributed by atoms with Crippen LogP contribution in [-0.2, 0) is 22.4 Å². The van der Waals surface area contributed by atoms with Gasteiger partial charge in [0.05, 0.1) is 11.8 Å². The molecule has 6 heteroatoms. The van der Waals surface area contributed by atoms with E-state index in [1.807, 2.05) is 42.5 Å². The number of fused-ring (bicyclic) bond motifs is 2. The molecule has 138 valence electrons. The Bertz CT molecular complexity index is 1030. The molecule has 0 fully saturated rings. The van der Waals surface area contributed by atoms with Crippen molar-refractivity contribution in [3.05, 3.63) is 64.1 Å². The average Bonchev–Trinajstić information content (AvgIpc) is 3.20. The normalized spacial score (nSPS) is 14.9. The average molecular weight is 428 g/mol. The second-order valence-electron chi connectivity index (χ2n) is 7.10. The van der Waals surface area contributed by atoms with E-state index in [9.17, 15) is 14.7 Å². The van der Waals surface area contributed by atoms with Gasteiger partial charge in [0.15, 0.2) is 0 Å². The van der Waals surface area contributed by atoms with Crippen LogP contribution in [0.4, 0.5) is 5.88 Å². The molecule has 1 heterocycles. The Balaban J connectivity index is 1.70. The van der Waals surface area contributed by atoms with Crippen LogP contribution in [0.5, 0.6) is 0 Å². The molecule has 1 aliphatic carbocycles. The summed E-state index contributed by atoms with van der Waals surface area (Å²) in [4.78, 5) is 26.4. The first-order valence-electron chi connectivity index (χ1n) is 8.64. The Labute approximate surface area is 164 Å². The van der Waals surface area contributed by atoms with E-state index in [-0.39, 0.29) is 12.3 Å². The fraction of sp³-hybridized carbons (Fsp3) is 0.238. The summed E-state index contributed by atoms with van der Waals surface area (Å²) in [5, 5.41) is 10.3. The molecule has 4 rings (SSSR count). The van der Waals surface area contributed by atoms with Crippen LogP contribution < -0.4 is 4.90 Å². The van der Waals surface area contributed by atoms with E-state index < -0.39 is 11.4 Å². The van der Waals surface area contributed by atoms with Crippen molar-refractivity contribution in [1.29, 1.82) is 0 Å². The van der Waals surface area contributed by atoms with Crippen LogP contribution in [0, 0.1) is 5.41 Å². The van der Waals surface area contributed by atoms with Crippen molar-refractivity contribution in [2.24, 2.45) is 5.41 Å². The number of carbonyl (C=O) groups excluding carboxylic acids is 1. The molecule has 2 aromatic carbocycles. The summed E-state index contributed by atoms with van der Waals surface area (Å²) in [7, 11) is 1.64. The van der Waals surface area contributed by atoms with Crippen molar-refractivity contribution in [3.63, 3.8) is 0 Å². The molecular weight excluding hydrogens is 410 g/mol. The van der Waals surface area contributed by atoms with Gasteiger partial charge in [-0.3, -0.25) is 14.5 Å². The predicted octanol–water partition coefficient (Wildman–Crippen LogP) is 4.42. The lowest BCUT2D eigenvalue weighted by atomic mass is 9.80. The van der Waals surface area contributed by atoms with Crippen LogP contribution in [0.3, 0.4) is 0 Å². The first-order chi connectivity index (χ1) is 12.9. The molecule has 0 saturated carbocycles. The van der Waals surface area contributed by atoms with Crippen molar-refractivity contribution < 1.29 is 19.1 Å². The molecule has 0 bridgehead atoms. The fourth-order valence-corrected chi connectivity index (χ4v) is 4.34. The molecule has 0 spiro atoms. The number of benzene rings is 2. The van der Waals surface area contributed by atoms with Crippen molar-refractivity contribution in [1.82, 2.24) is 0 Å². The summed E-state index contributed by atoms with van der Waals surface area (Å²) < 4.78 is 6.75. The third-order valence-corrected chi connectivity index (χ3v) is 5.71. The lowest BCUT2D eigenvalue weighted by Gasteiger charge is -2.30. The SMILES string of the molecule is CN(C(=O)C1(CC(=O)O)Cc2ccccc2C1)c1cc2cc(Br)ccc2o1. The van der Waals surface area contributed by atoms with Crippen LogP contribution >= 0.6 is 15.9 Å². The van der Waals surface area contributed by atoms with Gasteiger partial charge in [-0.15, -0.1) is 0 Å². The van der Waals surface area contributed by atoms with Crippen molar-refractivity contribution >= 4 is 44.7 Å². The van der Waals surface area contributed by atoms with E-state index >= 15 is 0 Å². The minimum Gasteiger partial charge on any atom is -0.481 e. The number of rotatable bonds is 4.